The Morgan fingerprint density at radius 1 is 1.37 bits per heavy atom. The molecule has 1 aromatic carbocycles. The Labute approximate surface area is 120 Å². The van der Waals surface area contributed by atoms with E-state index in [4.69, 9.17) is 27.9 Å². The largest absolute Gasteiger partial charge is 0.462 e. The van der Waals surface area contributed by atoms with Gasteiger partial charge in [-0.25, -0.2) is 9.18 Å². The Morgan fingerprint density at radius 2 is 2.00 bits per heavy atom. The van der Waals surface area contributed by atoms with Crippen LogP contribution in [0.3, 0.4) is 0 Å². The highest BCUT2D eigenvalue weighted by Gasteiger charge is 2.18. The number of hydrogen-bond donors (Lipinski definition) is 0. The molecule has 0 amide bonds. The molecule has 0 bridgehead atoms. The number of esters is 1. The molecule has 0 unspecified atom stereocenters. The molecule has 0 aromatic heterocycles. The minimum atomic E-state index is -0.828. The van der Waals surface area contributed by atoms with Crippen LogP contribution in [0.4, 0.5) is 4.39 Å². The third-order valence-electron chi connectivity index (χ3n) is 2.24. The number of hydrogen-bond acceptors (Lipinski definition) is 3. The fraction of sp³-hybridized carbons (Fsp3) is 0.231. The smallest absolute Gasteiger partial charge is 0.341 e. The second-order valence-corrected chi connectivity index (χ2v) is 4.38. The molecule has 0 N–H and O–H groups in total. The van der Waals surface area contributed by atoms with Gasteiger partial charge in [-0.3, -0.25) is 4.79 Å². The normalized spacial score (nSPS) is 11.3. The predicted octanol–water partition coefficient (Wildman–Crippen LogP) is 3.67. The summed E-state index contributed by atoms with van der Waals surface area (Å²) in [4.78, 5) is 23.0. The Balaban J connectivity index is 3.35. The molecule has 0 saturated heterocycles. The standard InChI is InChI=1S/C13H11Cl2FO3/c1-3-19-13(18)8(7(2)17)6-9-11(16)5-4-10(14)12(9)15/h4-6H,3H2,1-2H3/b8-6-. The molecule has 0 aliphatic heterocycles. The number of ether oxygens (including phenoxy) is 1. The lowest BCUT2D eigenvalue weighted by molar-refractivity contribution is -0.139. The quantitative estimate of drug-likeness (QED) is 0.280. The van der Waals surface area contributed by atoms with Crippen LogP contribution in [0, 0.1) is 5.82 Å². The summed E-state index contributed by atoms with van der Waals surface area (Å²) >= 11 is 11.6. The van der Waals surface area contributed by atoms with Crippen LogP contribution in [0.25, 0.3) is 6.08 Å². The Hall–Kier alpha value is -1.39. The van der Waals surface area contributed by atoms with E-state index in [1.807, 2.05) is 0 Å². The Bertz CT molecular complexity index is 553. The van der Waals surface area contributed by atoms with E-state index >= 15 is 0 Å². The number of ketones is 1. The van der Waals surface area contributed by atoms with Crippen molar-refractivity contribution in [3.8, 4) is 0 Å². The molecule has 1 rings (SSSR count). The second-order valence-electron chi connectivity index (χ2n) is 3.59. The second kappa shape index (κ2) is 6.68. The first-order valence-electron chi connectivity index (χ1n) is 5.41. The molecule has 0 aliphatic carbocycles. The third kappa shape index (κ3) is 3.78. The first kappa shape index (κ1) is 15.7. The number of Topliss-reactive ketones (excluding diaryl/α,β-unsaturated/α-hetero) is 1. The molecule has 0 aliphatic rings. The highest BCUT2D eigenvalue weighted by molar-refractivity contribution is 6.43. The zero-order chi connectivity index (χ0) is 14.6. The van der Waals surface area contributed by atoms with Gasteiger partial charge < -0.3 is 4.74 Å². The topological polar surface area (TPSA) is 43.4 Å². The van der Waals surface area contributed by atoms with Gasteiger partial charge >= 0.3 is 5.97 Å². The molecular weight excluding hydrogens is 294 g/mol. The molecule has 0 radical (unpaired) electrons. The molecule has 0 spiro atoms. The highest BCUT2D eigenvalue weighted by Crippen LogP contribution is 2.29. The van der Waals surface area contributed by atoms with Crippen LogP contribution in [-0.2, 0) is 14.3 Å². The molecule has 0 fully saturated rings. The lowest BCUT2D eigenvalue weighted by Gasteiger charge is -2.06. The Morgan fingerprint density at radius 3 is 2.53 bits per heavy atom. The fourth-order valence-electron chi connectivity index (χ4n) is 1.33. The summed E-state index contributed by atoms with van der Waals surface area (Å²) in [6.45, 7) is 2.89. The first-order chi connectivity index (χ1) is 8.88. The molecule has 19 heavy (non-hydrogen) atoms. The van der Waals surface area contributed by atoms with Crippen molar-refractivity contribution in [3.05, 3.63) is 39.1 Å². The summed E-state index contributed by atoms with van der Waals surface area (Å²) in [6.07, 6.45) is 1.05. The van der Waals surface area contributed by atoms with Crippen LogP contribution >= 0.6 is 23.2 Å². The van der Waals surface area contributed by atoms with Crippen molar-refractivity contribution in [1.82, 2.24) is 0 Å². The van der Waals surface area contributed by atoms with Gasteiger partial charge in [-0.2, -0.15) is 0 Å². The van der Waals surface area contributed by atoms with Gasteiger partial charge in [-0.15, -0.1) is 0 Å². The van der Waals surface area contributed by atoms with Crippen molar-refractivity contribution in [2.24, 2.45) is 0 Å². The molecule has 102 valence electrons. The van der Waals surface area contributed by atoms with E-state index in [-0.39, 0.29) is 27.8 Å². The van der Waals surface area contributed by atoms with E-state index in [1.54, 1.807) is 6.92 Å². The van der Waals surface area contributed by atoms with Gasteiger partial charge in [0.25, 0.3) is 0 Å². The van der Waals surface area contributed by atoms with Gasteiger partial charge in [0.2, 0.25) is 0 Å². The molecular formula is C13H11Cl2FO3. The zero-order valence-corrected chi connectivity index (χ0v) is 11.8. The van der Waals surface area contributed by atoms with Gasteiger partial charge in [0, 0.05) is 5.56 Å². The SMILES string of the molecule is CCOC(=O)/C(=C\c1c(F)ccc(Cl)c1Cl)C(C)=O. The van der Waals surface area contributed by atoms with E-state index in [9.17, 15) is 14.0 Å². The van der Waals surface area contributed by atoms with Crippen molar-refractivity contribution in [2.75, 3.05) is 6.61 Å². The summed E-state index contributed by atoms with van der Waals surface area (Å²) in [7, 11) is 0. The third-order valence-corrected chi connectivity index (χ3v) is 3.06. The van der Waals surface area contributed by atoms with Crippen molar-refractivity contribution in [3.63, 3.8) is 0 Å². The van der Waals surface area contributed by atoms with E-state index in [0.29, 0.717) is 0 Å². The number of carbonyl (C=O) groups is 2. The van der Waals surface area contributed by atoms with Crippen molar-refractivity contribution < 1.29 is 18.7 Å². The van der Waals surface area contributed by atoms with Gasteiger partial charge in [-0.05, 0) is 32.1 Å². The maximum atomic E-state index is 13.7. The van der Waals surface area contributed by atoms with E-state index in [2.05, 4.69) is 0 Å². The molecule has 6 heteroatoms. The minimum Gasteiger partial charge on any atom is -0.462 e. The monoisotopic (exact) mass is 304 g/mol. The van der Waals surface area contributed by atoms with Crippen LogP contribution in [-0.4, -0.2) is 18.4 Å². The van der Waals surface area contributed by atoms with Crippen LogP contribution in [0.2, 0.25) is 10.0 Å². The summed E-state index contributed by atoms with van der Waals surface area (Å²) in [5, 5.41) is 0.0609. The molecule has 3 nitrogen and oxygen atoms in total. The van der Waals surface area contributed by atoms with Gasteiger partial charge in [-0.1, -0.05) is 23.2 Å². The van der Waals surface area contributed by atoms with Crippen molar-refractivity contribution >= 4 is 41.0 Å². The molecule has 0 heterocycles. The lowest BCUT2D eigenvalue weighted by atomic mass is 10.1. The van der Waals surface area contributed by atoms with Gasteiger partial charge in [0.15, 0.2) is 5.78 Å². The highest BCUT2D eigenvalue weighted by atomic mass is 35.5. The molecule has 1 aromatic rings. The van der Waals surface area contributed by atoms with Crippen LogP contribution < -0.4 is 0 Å². The van der Waals surface area contributed by atoms with E-state index in [1.165, 1.54) is 13.0 Å². The first-order valence-corrected chi connectivity index (χ1v) is 6.17. The van der Waals surface area contributed by atoms with E-state index in [0.717, 1.165) is 12.1 Å². The van der Waals surface area contributed by atoms with E-state index < -0.39 is 17.6 Å². The fourth-order valence-corrected chi connectivity index (χ4v) is 1.71. The average molecular weight is 305 g/mol. The van der Waals surface area contributed by atoms with Crippen LogP contribution in [0.5, 0.6) is 0 Å². The summed E-state index contributed by atoms with van der Waals surface area (Å²) in [5.41, 5.74) is -0.405. The maximum absolute atomic E-state index is 13.7. The average Bonchev–Trinajstić information content (AvgIpc) is 2.34. The number of benzene rings is 1. The summed E-state index contributed by atoms with van der Waals surface area (Å²) in [5.74, 6) is -2.06. The van der Waals surface area contributed by atoms with Crippen molar-refractivity contribution in [2.45, 2.75) is 13.8 Å². The summed E-state index contributed by atoms with van der Waals surface area (Å²) in [6, 6.07) is 2.39. The van der Waals surface area contributed by atoms with Gasteiger partial charge in [0.1, 0.15) is 11.4 Å². The van der Waals surface area contributed by atoms with Crippen LogP contribution in [0.1, 0.15) is 19.4 Å². The Kier molecular flexibility index (Phi) is 5.51. The number of carbonyl (C=O) groups excluding carboxylic acids is 2. The maximum Gasteiger partial charge on any atom is 0.341 e. The minimum absolute atomic E-state index is 0.0651. The predicted molar refractivity (Wildman–Crippen MR) is 71.7 cm³/mol. The number of rotatable bonds is 4. The zero-order valence-electron chi connectivity index (χ0n) is 10.3. The molecule has 0 atom stereocenters. The summed E-state index contributed by atoms with van der Waals surface area (Å²) < 4.78 is 18.4. The van der Waals surface area contributed by atoms with Crippen molar-refractivity contribution in [1.29, 1.82) is 0 Å². The van der Waals surface area contributed by atoms with Crippen LogP contribution in [0.15, 0.2) is 17.7 Å². The van der Waals surface area contributed by atoms with Gasteiger partial charge in [0.05, 0.1) is 16.7 Å². The lowest BCUT2D eigenvalue weighted by Crippen LogP contribution is -2.13. The number of halogens is 3. The molecule has 0 saturated carbocycles.